The summed E-state index contributed by atoms with van der Waals surface area (Å²) >= 11 is 0. The molecule has 0 aromatic heterocycles. The number of carbonyl (C=O) groups is 2. The Bertz CT molecular complexity index is 997. The molecule has 2 N–H and O–H groups in total. The van der Waals surface area contributed by atoms with E-state index in [0.29, 0.717) is 28.9 Å². The molecule has 2 aromatic rings. The van der Waals surface area contributed by atoms with Crippen molar-refractivity contribution >= 4 is 17.5 Å². The van der Waals surface area contributed by atoms with Crippen LogP contribution in [0.5, 0.6) is 0 Å². The van der Waals surface area contributed by atoms with Crippen LogP contribution in [-0.2, 0) is 6.18 Å². The van der Waals surface area contributed by atoms with E-state index in [4.69, 9.17) is 0 Å². The molecule has 4 nitrogen and oxygen atoms in total. The molecule has 1 aliphatic heterocycles. The Labute approximate surface area is 170 Å². The molecule has 0 bridgehead atoms. The Morgan fingerprint density at radius 3 is 2.50 bits per heavy atom. The first kappa shape index (κ1) is 20.4. The highest BCUT2D eigenvalue weighted by atomic mass is 19.4. The van der Waals surface area contributed by atoms with Gasteiger partial charge in [0.1, 0.15) is 5.82 Å². The lowest BCUT2D eigenvalue weighted by atomic mass is 9.81. The van der Waals surface area contributed by atoms with Crippen LogP contribution in [0.1, 0.15) is 70.0 Å². The molecule has 2 aliphatic rings. The molecule has 1 aliphatic carbocycles. The fraction of sp³-hybridized carbons (Fsp3) is 0.364. The van der Waals surface area contributed by atoms with E-state index in [9.17, 15) is 27.2 Å². The molecule has 2 aromatic carbocycles. The molecular formula is C22H20F4N2O2. The predicted molar refractivity (Wildman–Crippen MR) is 103 cm³/mol. The maximum absolute atomic E-state index is 13.7. The first-order chi connectivity index (χ1) is 14.2. The van der Waals surface area contributed by atoms with Crippen molar-refractivity contribution in [1.82, 2.24) is 5.32 Å². The highest BCUT2D eigenvalue weighted by Crippen LogP contribution is 2.42. The van der Waals surface area contributed by atoms with Crippen LogP contribution >= 0.6 is 0 Å². The molecule has 2 amide bonds. The van der Waals surface area contributed by atoms with Gasteiger partial charge < -0.3 is 10.6 Å². The molecule has 1 fully saturated rings. The number of halogens is 4. The standard InChI is InChI=1S/C22H20F4N2O2/c23-15-10-13(9-14(11-15)22(24,25)26)20(29)27-17-8-4-7-16-18(17)19(28-21(16)30)12-5-2-1-3-6-12/h4,7-12,19H,1-3,5-6H2,(H,27,29)(H,28,30)/t19-/m0/s1. The van der Waals surface area contributed by atoms with Crippen molar-refractivity contribution in [2.24, 2.45) is 5.92 Å². The van der Waals surface area contributed by atoms with Crippen molar-refractivity contribution in [3.63, 3.8) is 0 Å². The first-order valence-corrected chi connectivity index (χ1v) is 9.87. The van der Waals surface area contributed by atoms with Gasteiger partial charge in [0.25, 0.3) is 11.8 Å². The number of nitrogens with one attached hydrogen (secondary N) is 2. The van der Waals surface area contributed by atoms with Crippen LogP contribution in [0.2, 0.25) is 0 Å². The number of alkyl halides is 3. The van der Waals surface area contributed by atoms with Crippen molar-refractivity contribution in [3.8, 4) is 0 Å². The molecule has 0 spiro atoms. The molecule has 0 radical (unpaired) electrons. The summed E-state index contributed by atoms with van der Waals surface area (Å²) < 4.78 is 52.6. The van der Waals surface area contributed by atoms with E-state index in [1.165, 1.54) is 0 Å². The van der Waals surface area contributed by atoms with Gasteiger partial charge in [0.05, 0.1) is 11.6 Å². The van der Waals surface area contributed by atoms with Gasteiger partial charge in [0.15, 0.2) is 0 Å². The van der Waals surface area contributed by atoms with E-state index in [0.717, 1.165) is 38.2 Å². The second-order valence-corrected chi connectivity index (χ2v) is 7.80. The minimum Gasteiger partial charge on any atom is -0.345 e. The second-order valence-electron chi connectivity index (χ2n) is 7.80. The number of rotatable bonds is 3. The van der Waals surface area contributed by atoms with Gasteiger partial charge in [-0.25, -0.2) is 4.39 Å². The summed E-state index contributed by atoms with van der Waals surface area (Å²) in [5.41, 5.74) is -0.229. The van der Waals surface area contributed by atoms with Gasteiger partial charge in [-0.1, -0.05) is 25.3 Å². The average molecular weight is 420 g/mol. The zero-order valence-corrected chi connectivity index (χ0v) is 16.0. The number of benzene rings is 2. The Balaban J connectivity index is 1.66. The highest BCUT2D eigenvalue weighted by molar-refractivity contribution is 6.07. The summed E-state index contributed by atoms with van der Waals surface area (Å²) in [6, 6.07) is 6.33. The van der Waals surface area contributed by atoms with Gasteiger partial charge >= 0.3 is 6.18 Å². The van der Waals surface area contributed by atoms with Crippen LogP contribution in [0, 0.1) is 11.7 Å². The minimum absolute atomic E-state index is 0.230. The average Bonchev–Trinajstić information content (AvgIpc) is 3.05. The van der Waals surface area contributed by atoms with Gasteiger partial charge in [0.2, 0.25) is 0 Å². The molecule has 4 rings (SSSR count). The summed E-state index contributed by atoms with van der Waals surface area (Å²) in [6.07, 6.45) is 0.392. The summed E-state index contributed by atoms with van der Waals surface area (Å²) in [4.78, 5) is 25.1. The van der Waals surface area contributed by atoms with E-state index >= 15 is 0 Å². The van der Waals surface area contributed by atoms with Crippen molar-refractivity contribution in [3.05, 3.63) is 64.5 Å². The second kappa shape index (κ2) is 7.74. The number of carbonyl (C=O) groups excluding carboxylic acids is 2. The van der Waals surface area contributed by atoms with Crippen molar-refractivity contribution in [2.45, 2.75) is 44.3 Å². The molecule has 0 unspecified atom stereocenters. The summed E-state index contributed by atoms with van der Waals surface area (Å²) in [6.45, 7) is 0. The monoisotopic (exact) mass is 420 g/mol. The van der Waals surface area contributed by atoms with Gasteiger partial charge in [-0.3, -0.25) is 9.59 Å². The molecule has 1 heterocycles. The Kier molecular flexibility index (Phi) is 5.26. The molecular weight excluding hydrogens is 400 g/mol. The van der Waals surface area contributed by atoms with Crippen molar-refractivity contribution in [2.75, 3.05) is 5.32 Å². The van der Waals surface area contributed by atoms with Crippen molar-refractivity contribution in [1.29, 1.82) is 0 Å². The van der Waals surface area contributed by atoms with Crippen molar-refractivity contribution < 1.29 is 27.2 Å². The third kappa shape index (κ3) is 3.91. The highest BCUT2D eigenvalue weighted by Gasteiger charge is 2.37. The number of hydrogen-bond donors (Lipinski definition) is 2. The predicted octanol–water partition coefficient (Wildman–Crippen LogP) is 5.46. The summed E-state index contributed by atoms with van der Waals surface area (Å²) in [5, 5.41) is 5.57. The quantitative estimate of drug-likeness (QED) is 0.648. The lowest BCUT2D eigenvalue weighted by Crippen LogP contribution is -2.27. The molecule has 1 saturated carbocycles. The molecule has 8 heteroatoms. The zero-order chi connectivity index (χ0) is 21.5. The topological polar surface area (TPSA) is 58.2 Å². The third-order valence-electron chi connectivity index (χ3n) is 5.81. The normalized spacial score (nSPS) is 19.3. The van der Waals surface area contributed by atoms with E-state index in [2.05, 4.69) is 10.6 Å². The first-order valence-electron chi connectivity index (χ1n) is 9.87. The van der Waals surface area contributed by atoms with Gasteiger partial charge in [0, 0.05) is 22.4 Å². The number of anilines is 1. The molecule has 1 atom stereocenters. The van der Waals surface area contributed by atoms with E-state index in [1.807, 2.05) is 0 Å². The molecule has 0 saturated heterocycles. The minimum atomic E-state index is -4.77. The summed E-state index contributed by atoms with van der Waals surface area (Å²) in [7, 11) is 0. The zero-order valence-electron chi connectivity index (χ0n) is 16.0. The smallest absolute Gasteiger partial charge is 0.345 e. The number of fused-ring (bicyclic) bond motifs is 1. The largest absolute Gasteiger partial charge is 0.416 e. The fourth-order valence-electron chi connectivity index (χ4n) is 4.40. The van der Waals surface area contributed by atoms with E-state index < -0.39 is 29.0 Å². The van der Waals surface area contributed by atoms with E-state index in [-0.39, 0.29) is 17.9 Å². The van der Waals surface area contributed by atoms with Gasteiger partial charge in [-0.2, -0.15) is 13.2 Å². The van der Waals surface area contributed by atoms with Gasteiger partial charge in [-0.05, 0) is 49.1 Å². The number of amides is 2. The lowest BCUT2D eigenvalue weighted by Gasteiger charge is -2.29. The number of hydrogen-bond acceptors (Lipinski definition) is 2. The van der Waals surface area contributed by atoms with Crippen LogP contribution in [0.3, 0.4) is 0 Å². The van der Waals surface area contributed by atoms with Crippen LogP contribution in [0.15, 0.2) is 36.4 Å². The third-order valence-corrected chi connectivity index (χ3v) is 5.81. The maximum atomic E-state index is 13.7. The fourth-order valence-corrected chi connectivity index (χ4v) is 4.40. The SMILES string of the molecule is O=C(Nc1cccc2c1[C@H](C1CCCCC1)NC2=O)c1cc(F)cc(C(F)(F)F)c1. The Hall–Kier alpha value is -2.90. The Morgan fingerprint density at radius 1 is 1.07 bits per heavy atom. The molecule has 158 valence electrons. The van der Waals surface area contributed by atoms with Crippen LogP contribution in [0.4, 0.5) is 23.2 Å². The summed E-state index contributed by atoms with van der Waals surface area (Å²) in [5.74, 6) is -2.02. The van der Waals surface area contributed by atoms with Crippen LogP contribution < -0.4 is 10.6 Å². The lowest BCUT2D eigenvalue weighted by molar-refractivity contribution is -0.137. The van der Waals surface area contributed by atoms with Gasteiger partial charge in [-0.15, -0.1) is 0 Å². The van der Waals surface area contributed by atoms with Crippen LogP contribution in [-0.4, -0.2) is 11.8 Å². The molecule has 30 heavy (non-hydrogen) atoms. The van der Waals surface area contributed by atoms with Crippen LogP contribution in [0.25, 0.3) is 0 Å². The Morgan fingerprint density at radius 2 is 1.80 bits per heavy atom. The maximum Gasteiger partial charge on any atom is 0.416 e. The van der Waals surface area contributed by atoms with E-state index in [1.54, 1.807) is 18.2 Å².